The van der Waals surface area contributed by atoms with Crippen LogP contribution in [-0.4, -0.2) is 153 Å². The number of H-pyrrole nitrogens is 10. The predicted molar refractivity (Wildman–Crippen MR) is 411 cm³/mol. The molecule has 0 unspecified atom stereocenters. The van der Waals surface area contributed by atoms with E-state index in [0.29, 0.717) is 108 Å². The number of anilines is 5. The summed E-state index contributed by atoms with van der Waals surface area (Å²) in [5.41, 5.74) is 2.44. The molecule has 0 radical (unpaired) electrons. The molecule has 15 N–H and O–H groups in total. The largest absolute Gasteiger partial charge is 0.493 e. The molecule has 109 heavy (non-hydrogen) atoms. The fraction of sp³-hybridized carbons (Fsp3) is 0.229. The van der Waals surface area contributed by atoms with E-state index in [9.17, 15) is 43.2 Å². The van der Waals surface area contributed by atoms with Crippen LogP contribution in [0.15, 0.2) is 165 Å². The van der Waals surface area contributed by atoms with Crippen LogP contribution in [0, 0.1) is 13.8 Å². The molecule has 566 valence electrons. The van der Waals surface area contributed by atoms with Crippen molar-refractivity contribution < 1.29 is 42.9 Å². The summed E-state index contributed by atoms with van der Waals surface area (Å²) in [7, 11) is 5.63. The van der Waals surface area contributed by atoms with Gasteiger partial charge >= 0.3 is 11.9 Å². The maximum absolute atomic E-state index is 11.8. The van der Waals surface area contributed by atoms with Gasteiger partial charge in [-0.15, -0.1) is 22.7 Å². The summed E-state index contributed by atoms with van der Waals surface area (Å²) >= 11 is 2.96. The SMILES string of the molecule is Cc1cnc(NC(=O)CCOc2ccc3c(=O)[nH][nH]c3c2)s1.Cc1cnc(NCCC(=O)Oc2ccc3c(=O)[nH][nH]c3c2)s1.Cn1cnc(NC(=O)CCOc2ccc3c(=O)[nH][nH]c3c2)c1.Cn1cnc(NCCC(=O)Oc2ccc3c(=O)[nH][nH]c3c2)c1.Cn1cnc(NCCCOc2ccc3c(=O)[nH][nH]c3c2)c1. The molecule has 0 fully saturated rings. The average molecular weight is 1530 g/mol. The van der Waals surface area contributed by atoms with E-state index in [1.165, 1.54) is 22.7 Å². The lowest BCUT2D eigenvalue weighted by molar-refractivity contribution is -0.135. The van der Waals surface area contributed by atoms with Crippen molar-refractivity contribution in [3.63, 3.8) is 0 Å². The highest BCUT2D eigenvalue weighted by atomic mass is 32.1. The van der Waals surface area contributed by atoms with Crippen molar-refractivity contribution in [3.8, 4) is 28.7 Å². The van der Waals surface area contributed by atoms with E-state index in [1.54, 1.807) is 127 Å². The monoisotopic (exact) mass is 1530 g/mol. The van der Waals surface area contributed by atoms with Crippen molar-refractivity contribution in [2.24, 2.45) is 21.1 Å². The summed E-state index contributed by atoms with van der Waals surface area (Å²) in [6, 6.07) is 25.2. The standard InChI is InChI=1S/2C14H15N5O3.C14H17N5O2.2C14H14N4O3S/c1-19-7-12(15-8-19)16-13(20)4-5-22-9-2-3-10-11(6-9)17-18-14(10)21;1-19-7-12(16-8-19)15-5-4-13(20)22-9-2-3-10-11(6-9)17-18-14(10)21;1-19-8-13(16-9-19)15-5-2-6-21-10-3-4-11-12(7-10)17-18-14(11)20;1-8-7-15-14(22-8)16-12(19)4-5-21-9-2-3-10-11(6-9)17-18-13(10)20;1-8-7-16-14(22-8)15-5-4-12(19)21-9-2-3-10-11(6-9)17-18-13(10)20/h2-3,6-8H,4-5H2,1H3,(H,16,20)(H2,17,18,21);2-3,6-8,15H,4-5H2,1H3,(H2,17,18,21);3-4,7-9,15H,2,5-6H2,1H3,(H2,17,18,20);2-3,6-7H,4-5H2,1H3,(H,15,16,19)(H2,17,18,20);2-3,6-7H,4-5H2,1H3,(H,15,16)(H2,17,18,20). The fourth-order valence-corrected chi connectivity index (χ4v) is 11.5. The Kier molecular flexibility index (Phi) is 25.6. The molecule has 0 saturated carbocycles. The molecule has 39 heteroatoms. The van der Waals surface area contributed by atoms with Crippen LogP contribution in [0.3, 0.4) is 0 Å². The van der Waals surface area contributed by atoms with Crippen LogP contribution in [0.1, 0.15) is 41.9 Å². The number of aromatic nitrogens is 18. The average Bonchev–Trinajstić information content (AvgIpc) is 1.72. The number of carbonyl (C=O) groups excluding carboxylic acids is 4. The van der Waals surface area contributed by atoms with Gasteiger partial charge in [0.15, 0.2) is 16.1 Å². The smallest absolute Gasteiger partial charge is 0.312 e. The molecule has 37 nitrogen and oxygen atoms in total. The molecular formula is C70H75N23O14S2. The number of imidazole rings is 3. The van der Waals surface area contributed by atoms with Crippen LogP contribution in [0.25, 0.3) is 54.5 Å². The van der Waals surface area contributed by atoms with Crippen molar-refractivity contribution in [1.29, 1.82) is 0 Å². The van der Waals surface area contributed by atoms with Crippen molar-refractivity contribution in [1.82, 2.24) is 89.6 Å². The van der Waals surface area contributed by atoms with Gasteiger partial charge in [-0.25, -0.2) is 24.9 Å². The molecule has 5 aromatic carbocycles. The quantitative estimate of drug-likeness (QED) is 0.0141. The molecule has 0 aliphatic carbocycles. The predicted octanol–water partition coefficient (Wildman–Crippen LogP) is 7.52. The van der Waals surface area contributed by atoms with Gasteiger partial charge in [-0.3, -0.25) is 94.1 Å². The Balaban J connectivity index is 0.000000135. The first kappa shape index (κ1) is 76.2. The van der Waals surface area contributed by atoms with E-state index >= 15 is 0 Å². The van der Waals surface area contributed by atoms with E-state index in [1.807, 2.05) is 62.6 Å². The number of hydrogen-bond donors (Lipinski definition) is 15. The number of carbonyl (C=O) groups is 4. The Morgan fingerprint density at radius 3 is 1.10 bits per heavy atom. The molecule has 2 amide bonds. The van der Waals surface area contributed by atoms with E-state index in [0.717, 1.165) is 44.9 Å². The number of rotatable bonds is 26. The maximum atomic E-state index is 11.8. The van der Waals surface area contributed by atoms with E-state index in [4.69, 9.17) is 23.7 Å². The van der Waals surface area contributed by atoms with Gasteiger partial charge < -0.3 is 64.0 Å². The first-order valence-corrected chi connectivity index (χ1v) is 35.2. The Labute approximate surface area is 622 Å². The summed E-state index contributed by atoms with van der Waals surface area (Å²) in [5, 5.41) is 45.2. The molecule has 0 spiro atoms. The van der Waals surface area contributed by atoms with Gasteiger partial charge in [-0.05, 0) is 80.9 Å². The van der Waals surface area contributed by atoms with Crippen molar-refractivity contribution in [3.05, 3.63) is 202 Å². The second kappa shape index (κ2) is 36.6. The van der Waals surface area contributed by atoms with E-state index < -0.39 is 0 Å². The highest BCUT2D eigenvalue weighted by Gasteiger charge is 2.14. The van der Waals surface area contributed by atoms with Crippen molar-refractivity contribution in [2.75, 3.05) is 66.0 Å². The van der Waals surface area contributed by atoms with Crippen LogP contribution < -0.4 is 78.1 Å². The summed E-state index contributed by atoms with van der Waals surface area (Å²) in [6.07, 6.45) is 15.7. The van der Waals surface area contributed by atoms with Gasteiger partial charge in [0.25, 0.3) is 27.8 Å². The molecular weight excluding hydrogens is 1450 g/mol. The van der Waals surface area contributed by atoms with Crippen LogP contribution >= 0.6 is 22.7 Å². The minimum absolute atomic E-state index is 0.115. The summed E-state index contributed by atoms with van der Waals surface area (Å²) in [4.78, 5) is 127. The molecule has 0 aliphatic heterocycles. The molecule has 0 atom stereocenters. The van der Waals surface area contributed by atoms with Crippen LogP contribution in [0.5, 0.6) is 28.7 Å². The number of nitrogens with zero attached hydrogens (tertiary/aromatic N) is 8. The topological polar surface area (TPSA) is 497 Å². The number of hydrogen-bond acceptors (Lipinski definition) is 24. The third-order valence-electron chi connectivity index (χ3n) is 15.4. The lowest BCUT2D eigenvalue weighted by atomic mass is 10.2. The van der Waals surface area contributed by atoms with Gasteiger partial charge in [-0.2, -0.15) is 0 Å². The number of esters is 2. The highest BCUT2D eigenvalue weighted by molar-refractivity contribution is 7.15. The third-order valence-corrected chi connectivity index (χ3v) is 17.1. The highest BCUT2D eigenvalue weighted by Crippen LogP contribution is 2.23. The second-order valence-electron chi connectivity index (χ2n) is 24.0. The Bertz CT molecular complexity index is 5600. The first-order valence-electron chi connectivity index (χ1n) is 33.6. The van der Waals surface area contributed by atoms with Crippen molar-refractivity contribution >= 4 is 129 Å². The molecule has 0 saturated heterocycles. The number of ether oxygens (including phenoxy) is 5. The lowest BCUT2D eigenvalue weighted by Gasteiger charge is -2.06. The number of nitrogens with one attached hydrogen (secondary N) is 15. The molecule has 10 aromatic heterocycles. The van der Waals surface area contributed by atoms with Crippen molar-refractivity contribution in [2.45, 2.75) is 46.0 Å². The number of benzene rings is 5. The summed E-state index contributed by atoms with van der Waals surface area (Å²) in [6.45, 7) is 6.65. The van der Waals surface area contributed by atoms with Gasteiger partial charge in [0.05, 0.1) is 119 Å². The van der Waals surface area contributed by atoms with Gasteiger partial charge in [0.2, 0.25) is 11.8 Å². The third kappa shape index (κ3) is 22.3. The van der Waals surface area contributed by atoms with E-state index in [-0.39, 0.29) is 90.4 Å². The number of amides is 2. The molecule has 0 bridgehead atoms. The molecule has 15 aromatic rings. The number of fused-ring (bicyclic) bond motifs is 5. The van der Waals surface area contributed by atoms with Gasteiger partial charge in [-0.1, -0.05) is 0 Å². The number of aryl methyl sites for hydroxylation is 5. The summed E-state index contributed by atoms with van der Waals surface area (Å²) < 4.78 is 32.6. The normalized spacial score (nSPS) is 10.8. The van der Waals surface area contributed by atoms with Gasteiger partial charge in [0, 0.05) is 112 Å². The zero-order valence-corrected chi connectivity index (χ0v) is 60.8. The zero-order valence-electron chi connectivity index (χ0n) is 59.2. The van der Waals surface area contributed by atoms with Crippen LogP contribution in [-0.2, 0) is 40.3 Å². The lowest BCUT2D eigenvalue weighted by Crippen LogP contribution is -2.15. The number of thiazole rings is 2. The maximum Gasteiger partial charge on any atom is 0.312 e. The van der Waals surface area contributed by atoms with E-state index in [2.05, 4.69) is 102 Å². The minimum Gasteiger partial charge on any atom is -0.493 e. The second-order valence-corrected chi connectivity index (χ2v) is 26.5. The molecule has 0 aliphatic rings. The van der Waals surface area contributed by atoms with Crippen LogP contribution in [0.4, 0.5) is 27.7 Å². The first-order chi connectivity index (χ1) is 52.7. The Hall–Kier alpha value is -14.0. The fourth-order valence-electron chi connectivity index (χ4n) is 10.1. The molecule has 15 rings (SSSR count). The summed E-state index contributed by atoms with van der Waals surface area (Å²) in [5.74, 6) is 3.79. The van der Waals surface area contributed by atoms with Crippen LogP contribution in [0.2, 0.25) is 0 Å². The number of aromatic amines is 10. The minimum atomic E-state index is -0.360. The molecule has 10 heterocycles. The zero-order chi connectivity index (χ0) is 76.8. The Morgan fingerprint density at radius 1 is 0.385 bits per heavy atom. The Morgan fingerprint density at radius 2 is 0.725 bits per heavy atom. The van der Waals surface area contributed by atoms with Gasteiger partial charge in [0.1, 0.15) is 40.4 Å².